The predicted octanol–water partition coefficient (Wildman–Crippen LogP) is 2.63. The van der Waals surface area contributed by atoms with Crippen LogP contribution in [0.2, 0.25) is 0 Å². The summed E-state index contributed by atoms with van der Waals surface area (Å²) < 4.78 is 0. The minimum atomic E-state index is 0.779. The summed E-state index contributed by atoms with van der Waals surface area (Å²) in [7, 11) is 0. The maximum atomic E-state index is 5.62. The highest BCUT2D eigenvalue weighted by atomic mass is 35.5. The molecule has 0 amide bonds. The van der Waals surface area contributed by atoms with Gasteiger partial charge in [-0.25, -0.2) is 0 Å². The number of hydrogen-bond acceptors (Lipinski definition) is 0. The predicted molar refractivity (Wildman–Crippen MR) is 36.8 cm³/mol. The fourth-order valence-corrected chi connectivity index (χ4v) is 0.868. The highest BCUT2D eigenvalue weighted by molar-refractivity contribution is 6.31. The molecule has 0 radical (unpaired) electrons. The molecule has 1 aliphatic rings. The minimum absolute atomic E-state index is 0.779. The summed E-state index contributed by atoms with van der Waals surface area (Å²) in [6.07, 6.45) is 6.71. The van der Waals surface area contributed by atoms with Crippen molar-refractivity contribution >= 4 is 11.6 Å². The van der Waals surface area contributed by atoms with Gasteiger partial charge in [-0.2, -0.15) is 0 Å². The second kappa shape index (κ2) is 2.19. The molecule has 0 nitrogen and oxygen atoms in total. The number of halogens is 1. The summed E-state index contributed by atoms with van der Waals surface area (Å²) in [4.78, 5) is 0. The summed E-state index contributed by atoms with van der Waals surface area (Å²) in [5, 5.41) is 0.779. The van der Waals surface area contributed by atoms with Gasteiger partial charge < -0.3 is 0 Å². The van der Waals surface area contributed by atoms with Crippen molar-refractivity contribution in [2.75, 3.05) is 0 Å². The van der Waals surface area contributed by atoms with Gasteiger partial charge in [0.15, 0.2) is 0 Å². The highest BCUT2D eigenvalue weighted by Crippen LogP contribution is 2.15. The van der Waals surface area contributed by atoms with Crippen LogP contribution >= 0.6 is 11.6 Å². The van der Waals surface area contributed by atoms with Gasteiger partial charge in [0.1, 0.15) is 0 Å². The van der Waals surface area contributed by atoms with Crippen molar-refractivity contribution < 1.29 is 0 Å². The molecule has 1 heteroatoms. The van der Waals surface area contributed by atoms with E-state index in [2.05, 4.69) is 6.58 Å². The number of hydrogen-bond donors (Lipinski definition) is 0. The molecule has 1 rings (SSSR count). The normalized spacial score (nSPS) is 18.6. The van der Waals surface area contributed by atoms with Crippen LogP contribution < -0.4 is 0 Å². The maximum absolute atomic E-state index is 5.62. The molecule has 0 saturated heterocycles. The van der Waals surface area contributed by atoms with Crippen LogP contribution in [-0.2, 0) is 0 Å². The summed E-state index contributed by atoms with van der Waals surface area (Å²) >= 11 is 5.62. The van der Waals surface area contributed by atoms with E-state index in [-0.39, 0.29) is 0 Å². The first-order valence-electron chi connectivity index (χ1n) is 2.50. The molecule has 0 bridgehead atoms. The van der Waals surface area contributed by atoms with Crippen LogP contribution in [0.5, 0.6) is 0 Å². The average molecular weight is 127 g/mol. The van der Waals surface area contributed by atoms with Crippen molar-refractivity contribution in [2.45, 2.75) is 6.42 Å². The van der Waals surface area contributed by atoms with Crippen molar-refractivity contribution in [1.82, 2.24) is 0 Å². The lowest BCUT2D eigenvalue weighted by atomic mass is 10.1. The Balaban J connectivity index is 2.77. The molecule has 0 saturated carbocycles. The second-order valence-corrected chi connectivity index (χ2v) is 2.23. The van der Waals surface area contributed by atoms with E-state index in [0.29, 0.717) is 0 Å². The lowest BCUT2D eigenvalue weighted by Gasteiger charge is -1.99. The summed E-state index contributed by atoms with van der Waals surface area (Å²) in [5.41, 5.74) is 1.08. The molecule has 0 fully saturated rings. The molecule has 42 valence electrons. The topological polar surface area (TPSA) is 0 Å². The van der Waals surface area contributed by atoms with Gasteiger partial charge in [0, 0.05) is 5.03 Å². The van der Waals surface area contributed by atoms with E-state index in [4.69, 9.17) is 11.6 Å². The highest BCUT2D eigenvalue weighted by Gasteiger charge is 1.93. The third kappa shape index (κ3) is 1.24. The molecule has 0 aliphatic heterocycles. The molecule has 0 aromatic carbocycles. The molecule has 1 aliphatic carbocycles. The molecule has 0 aromatic rings. The van der Waals surface area contributed by atoms with Crippen molar-refractivity contribution in [3.63, 3.8) is 0 Å². The Bertz CT molecular complexity index is 163. The van der Waals surface area contributed by atoms with Crippen LogP contribution in [0.15, 0.2) is 35.4 Å². The van der Waals surface area contributed by atoms with Crippen LogP contribution in [0.25, 0.3) is 0 Å². The molecule has 0 spiro atoms. The van der Waals surface area contributed by atoms with Crippen LogP contribution in [0.1, 0.15) is 6.42 Å². The molecular formula is C7H7Cl. The molecule has 0 N–H and O–H groups in total. The second-order valence-electron chi connectivity index (χ2n) is 1.79. The molecule has 0 aromatic heterocycles. The van der Waals surface area contributed by atoms with E-state index in [1.54, 1.807) is 0 Å². The first-order chi connectivity index (χ1) is 3.79. The lowest BCUT2D eigenvalue weighted by Crippen LogP contribution is -1.79. The monoisotopic (exact) mass is 126 g/mol. The Labute approximate surface area is 54.2 Å². The van der Waals surface area contributed by atoms with Crippen molar-refractivity contribution in [1.29, 1.82) is 0 Å². The van der Waals surface area contributed by atoms with Gasteiger partial charge in [0.2, 0.25) is 0 Å². The average Bonchev–Trinajstić information content (AvgIpc) is 1.64. The van der Waals surface area contributed by atoms with E-state index < -0.39 is 0 Å². The van der Waals surface area contributed by atoms with Gasteiger partial charge in [0.25, 0.3) is 0 Å². The first kappa shape index (κ1) is 5.64. The van der Waals surface area contributed by atoms with E-state index in [0.717, 1.165) is 17.0 Å². The third-order valence-corrected chi connectivity index (χ3v) is 1.23. The van der Waals surface area contributed by atoms with Crippen molar-refractivity contribution in [2.24, 2.45) is 0 Å². The van der Waals surface area contributed by atoms with Crippen molar-refractivity contribution in [3.8, 4) is 0 Å². The minimum Gasteiger partial charge on any atom is -0.0955 e. The van der Waals surface area contributed by atoms with E-state index >= 15 is 0 Å². The zero-order valence-corrected chi connectivity index (χ0v) is 5.28. The van der Waals surface area contributed by atoms with Crippen LogP contribution in [0.4, 0.5) is 0 Å². The van der Waals surface area contributed by atoms with Crippen LogP contribution in [0, 0.1) is 0 Å². The van der Waals surface area contributed by atoms with Crippen molar-refractivity contribution in [3.05, 3.63) is 35.4 Å². The maximum Gasteiger partial charge on any atom is 0.0405 e. The SMILES string of the molecule is C=C1C=C(Cl)C=CC1. The molecule has 0 unspecified atom stereocenters. The Morgan fingerprint density at radius 1 is 1.62 bits per heavy atom. The molecule has 0 atom stereocenters. The number of rotatable bonds is 0. The summed E-state index contributed by atoms with van der Waals surface area (Å²) in [6, 6.07) is 0. The molecular weight excluding hydrogens is 120 g/mol. The fourth-order valence-electron chi connectivity index (χ4n) is 0.625. The smallest absolute Gasteiger partial charge is 0.0405 e. The third-order valence-electron chi connectivity index (χ3n) is 0.999. The standard InChI is InChI=1S/C7H7Cl/c1-6-3-2-4-7(8)5-6/h2,4-5H,1,3H2. The van der Waals surface area contributed by atoms with Gasteiger partial charge in [-0.3, -0.25) is 0 Å². The number of allylic oxidation sites excluding steroid dienone is 5. The van der Waals surface area contributed by atoms with E-state index in [1.807, 2.05) is 18.2 Å². The van der Waals surface area contributed by atoms with Gasteiger partial charge in [-0.1, -0.05) is 24.3 Å². The van der Waals surface area contributed by atoms with Gasteiger partial charge >= 0.3 is 0 Å². The van der Waals surface area contributed by atoms with E-state index in [1.165, 1.54) is 0 Å². The van der Waals surface area contributed by atoms with E-state index in [9.17, 15) is 0 Å². The first-order valence-corrected chi connectivity index (χ1v) is 2.88. The lowest BCUT2D eigenvalue weighted by molar-refractivity contribution is 1.27. The van der Waals surface area contributed by atoms with Crippen LogP contribution in [0.3, 0.4) is 0 Å². The Hall–Kier alpha value is -0.490. The zero-order chi connectivity index (χ0) is 5.98. The molecule has 0 heterocycles. The quantitative estimate of drug-likeness (QED) is 0.468. The summed E-state index contributed by atoms with van der Waals surface area (Å²) in [6.45, 7) is 3.75. The summed E-state index contributed by atoms with van der Waals surface area (Å²) in [5.74, 6) is 0. The molecule has 8 heavy (non-hydrogen) atoms. The zero-order valence-electron chi connectivity index (χ0n) is 4.52. The van der Waals surface area contributed by atoms with Gasteiger partial charge in [-0.15, -0.1) is 0 Å². The van der Waals surface area contributed by atoms with Crippen LogP contribution in [-0.4, -0.2) is 0 Å². The fraction of sp³-hybridized carbons (Fsp3) is 0.143. The Morgan fingerprint density at radius 2 is 2.38 bits per heavy atom. The van der Waals surface area contributed by atoms with Gasteiger partial charge in [-0.05, 0) is 24.1 Å². The Kier molecular flexibility index (Phi) is 1.54. The largest absolute Gasteiger partial charge is 0.0955 e. The van der Waals surface area contributed by atoms with Gasteiger partial charge in [0.05, 0.1) is 0 Å². The Morgan fingerprint density at radius 3 is 2.75 bits per heavy atom.